The first kappa shape index (κ1) is 16.0. The highest BCUT2D eigenvalue weighted by molar-refractivity contribution is 7.91. The van der Waals surface area contributed by atoms with Crippen molar-refractivity contribution in [3.8, 4) is 0 Å². The molecule has 0 radical (unpaired) electrons. The van der Waals surface area contributed by atoms with Gasteiger partial charge in [-0.25, -0.2) is 8.42 Å². The predicted octanol–water partition coefficient (Wildman–Crippen LogP) is 0.0523. The van der Waals surface area contributed by atoms with Crippen LogP contribution in [-0.2, 0) is 25.8 Å². The summed E-state index contributed by atoms with van der Waals surface area (Å²) in [6.07, 6.45) is 0.722. The lowest BCUT2D eigenvalue weighted by Gasteiger charge is -2.23. The number of nitrogens with zero attached hydrogens (tertiary/aromatic N) is 1. The molecule has 1 aliphatic rings. The number of carbonyl (C=O) groups excluding carboxylic acids is 2. The molecule has 1 aromatic heterocycles. The first-order valence-corrected chi connectivity index (χ1v) is 9.32. The van der Waals surface area contributed by atoms with Crippen molar-refractivity contribution in [2.24, 2.45) is 0 Å². The van der Waals surface area contributed by atoms with E-state index >= 15 is 0 Å². The minimum Gasteiger partial charge on any atom is -0.347 e. The first-order chi connectivity index (χ1) is 9.87. The van der Waals surface area contributed by atoms with Gasteiger partial charge in [0.1, 0.15) is 0 Å². The van der Waals surface area contributed by atoms with Gasteiger partial charge in [0.15, 0.2) is 9.84 Å². The number of thiophene rings is 1. The standard InChI is InChI=1S/C13H18N2O4S2/c1-15(10-4-6-21(18,19)9-10)13(17)8-14-12(16)7-11-3-2-5-20-11/h2-3,5,10H,4,6-9H2,1H3,(H,14,16). The molecule has 0 aliphatic carbocycles. The van der Waals surface area contributed by atoms with E-state index in [0.717, 1.165) is 4.88 Å². The normalized spacial score (nSPS) is 20.1. The van der Waals surface area contributed by atoms with Gasteiger partial charge in [0.25, 0.3) is 0 Å². The van der Waals surface area contributed by atoms with Crippen LogP contribution in [0.4, 0.5) is 0 Å². The van der Waals surface area contributed by atoms with Gasteiger partial charge < -0.3 is 10.2 Å². The minimum atomic E-state index is -3.02. The van der Waals surface area contributed by atoms with E-state index in [4.69, 9.17) is 0 Å². The van der Waals surface area contributed by atoms with Crippen molar-refractivity contribution >= 4 is 33.0 Å². The Labute approximate surface area is 128 Å². The average Bonchev–Trinajstić information content (AvgIpc) is 3.04. The van der Waals surface area contributed by atoms with Crippen molar-refractivity contribution < 1.29 is 18.0 Å². The molecule has 0 aromatic carbocycles. The topological polar surface area (TPSA) is 83.6 Å². The fraction of sp³-hybridized carbons (Fsp3) is 0.538. The van der Waals surface area contributed by atoms with Crippen molar-refractivity contribution in [1.29, 1.82) is 0 Å². The number of amides is 2. The quantitative estimate of drug-likeness (QED) is 0.827. The average molecular weight is 330 g/mol. The molecule has 21 heavy (non-hydrogen) atoms. The lowest BCUT2D eigenvalue weighted by Crippen LogP contribution is -2.44. The Kier molecular flexibility index (Phi) is 5.00. The molecule has 8 heteroatoms. The third-order valence-electron chi connectivity index (χ3n) is 3.50. The molecule has 1 fully saturated rings. The Balaban J connectivity index is 1.77. The molecule has 1 atom stereocenters. The van der Waals surface area contributed by atoms with E-state index in [-0.39, 0.29) is 42.3 Å². The Morgan fingerprint density at radius 1 is 1.48 bits per heavy atom. The highest BCUT2D eigenvalue weighted by Crippen LogP contribution is 2.16. The van der Waals surface area contributed by atoms with Crippen LogP contribution in [0.3, 0.4) is 0 Å². The molecule has 1 saturated heterocycles. The molecule has 2 amide bonds. The molecule has 1 unspecified atom stereocenters. The highest BCUT2D eigenvalue weighted by atomic mass is 32.2. The van der Waals surface area contributed by atoms with Crippen LogP contribution >= 0.6 is 11.3 Å². The number of rotatable bonds is 5. The van der Waals surface area contributed by atoms with Gasteiger partial charge in [-0.1, -0.05) is 6.07 Å². The van der Waals surface area contributed by atoms with Crippen molar-refractivity contribution in [1.82, 2.24) is 10.2 Å². The summed E-state index contributed by atoms with van der Waals surface area (Å²) in [5.74, 6) is -0.340. The minimum absolute atomic E-state index is 0.0123. The summed E-state index contributed by atoms with van der Waals surface area (Å²) in [6, 6.07) is 3.45. The molecular formula is C13H18N2O4S2. The van der Waals surface area contributed by atoms with Gasteiger partial charge in [-0.05, 0) is 17.9 Å². The van der Waals surface area contributed by atoms with Crippen LogP contribution in [0.2, 0.25) is 0 Å². The Hall–Kier alpha value is -1.41. The van der Waals surface area contributed by atoms with Crippen LogP contribution in [0.25, 0.3) is 0 Å². The van der Waals surface area contributed by atoms with Gasteiger partial charge >= 0.3 is 0 Å². The summed E-state index contributed by atoms with van der Waals surface area (Å²) in [4.78, 5) is 26.0. The van der Waals surface area contributed by atoms with E-state index < -0.39 is 9.84 Å². The first-order valence-electron chi connectivity index (χ1n) is 6.62. The molecule has 6 nitrogen and oxygen atoms in total. The highest BCUT2D eigenvalue weighted by Gasteiger charge is 2.32. The second kappa shape index (κ2) is 6.57. The maximum atomic E-state index is 12.0. The van der Waals surface area contributed by atoms with E-state index in [9.17, 15) is 18.0 Å². The molecular weight excluding hydrogens is 312 g/mol. The Morgan fingerprint density at radius 2 is 2.24 bits per heavy atom. The van der Waals surface area contributed by atoms with Gasteiger partial charge in [-0.15, -0.1) is 11.3 Å². The number of hydrogen-bond donors (Lipinski definition) is 1. The summed E-state index contributed by atoms with van der Waals surface area (Å²) in [5, 5.41) is 4.46. The van der Waals surface area contributed by atoms with Crippen LogP contribution < -0.4 is 5.32 Å². The zero-order valence-electron chi connectivity index (χ0n) is 11.7. The van der Waals surface area contributed by atoms with Crippen LogP contribution in [0.5, 0.6) is 0 Å². The van der Waals surface area contributed by atoms with Crippen LogP contribution in [-0.4, -0.2) is 56.3 Å². The van der Waals surface area contributed by atoms with Crippen molar-refractivity contribution in [3.63, 3.8) is 0 Å². The fourth-order valence-corrected chi connectivity index (χ4v) is 4.70. The molecule has 0 bridgehead atoms. The molecule has 2 rings (SSSR count). The lowest BCUT2D eigenvalue weighted by molar-refractivity contribution is -0.133. The summed E-state index contributed by atoms with van der Waals surface area (Å²) in [5.41, 5.74) is 0. The number of hydrogen-bond acceptors (Lipinski definition) is 5. The van der Waals surface area contributed by atoms with E-state index in [1.807, 2.05) is 17.5 Å². The van der Waals surface area contributed by atoms with E-state index in [1.165, 1.54) is 16.2 Å². The maximum absolute atomic E-state index is 12.0. The third kappa shape index (κ3) is 4.53. The smallest absolute Gasteiger partial charge is 0.241 e. The van der Waals surface area contributed by atoms with E-state index in [2.05, 4.69) is 5.32 Å². The largest absolute Gasteiger partial charge is 0.347 e. The summed E-state index contributed by atoms with van der Waals surface area (Å²) >= 11 is 1.49. The summed E-state index contributed by atoms with van der Waals surface area (Å²) < 4.78 is 22.8. The van der Waals surface area contributed by atoms with Gasteiger partial charge in [-0.3, -0.25) is 9.59 Å². The van der Waals surface area contributed by atoms with Gasteiger partial charge in [-0.2, -0.15) is 0 Å². The molecule has 0 saturated carbocycles. The van der Waals surface area contributed by atoms with Gasteiger partial charge in [0, 0.05) is 18.0 Å². The predicted molar refractivity (Wildman–Crippen MR) is 80.9 cm³/mol. The number of sulfone groups is 1. The second-order valence-electron chi connectivity index (χ2n) is 5.09. The molecule has 116 valence electrons. The molecule has 1 aliphatic heterocycles. The maximum Gasteiger partial charge on any atom is 0.241 e. The Bertz CT molecular complexity index is 610. The zero-order valence-corrected chi connectivity index (χ0v) is 13.4. The van der Waals surface area contributed by atoms with Gasteiger partial charge in [0.05, 0.1) is 24.5 Å². The molecule has 1 N–H and O–H groups in total. The fourth-order valence-electron chi connectivity index (χ4n) is 2.22. The number of carbonyl (C=O) groups is 2. The lowest BCUT2D eigenvalue weighted by atomic mass is 10.2. The zero-order chi connectivity index (χ0) is 15.5. The van der Waals surface area contributed by atoms with Crippen molar-refractivity contribution in [2.75, 3.05) is 25.1 Å². The van der Waals surface area contributed by atoms with E-state index in [1.54, 1.807) is 7.05 Å². The summed E-state index contributed by atoms with van der Waals surface area (Å²) in [6.45, 7) is -0.0999. The molecule has 2 heterocycles. The third-order valence-corrected chi connectivity index (χ3v) is 6.13. The molecule has 1 aromatic rings. The second-order valence-corrected chi connectivity index (χ2v) is 8.36. The summed E-state index contributed by atoms with van der Waals surface area (Å²) in [7, 11) is -1.44. The van der Waals surface area contributed by atoms with Crippen molar-refractivity contribution in [3.05, 3.63) is 22.4 Å². The Morgan fingerprint density at radius 3 is 2.81 bits per heavy atom. The number of nitrogens with one attached hydrogen (secondary N) is 1. The number of likely N-dealkylation sites (N-methyl/N-ethyl adjacent to an activating group) is 1. The molecule has 0 spiro atoms. The van der Waals surface area contributed by atoms with Crippen LogP contribution in [0, 0.1) is 0 Å². The van der Waals surface area contributed by atoms with Crippen LogP contribution in [0.1, 0.15) is 11.3 Å². The SMILES string of the molecule is CN(C(=O)CNC(=O)Cc1cccs1)C1CCS(=O)(=O)C1. The monoisotopic (exact) mass is 330 g/mol. The van der Waals surface area contributed by atoms with Crippen LogP contribution in [0.15, 0.2) is 17.5 Å². The van der Waals surface area contributed by atoms with Crippen molar-refractivity contribution in [2.45, 2.75) is 18.9 Å². The van der Waals surface area contributed by atoms with E-state index in [0.29, 0.717) is 6.42 Å². The van der Waals surface area contributed by atoms with Gasteiger partial charge in [0.2, 0.25) is 11.8 Å².